The minimum absolute atomic E-state index is 0.191. The van der Waals surface area contributed by atoms with Gasteiger partial charge in [-0.2, -0.15) is 0 Å². The second kappa shape index (κ2) is 4.19. The van der Waals surface area contributed by atoms with Crippen LogP contribution in [0.1, 0.15) is 5.56 Å². The van der Waals surface area contributed by atoms with Crippen molar-refractivity contribution in [2.24, 2.45) is 5.73 Å². The molecule has 15 heavy (non-hydrogen) atoms. The number of halogens is 1. The lowest BCUT2D eigenvalue weighted by molar-refractivity contribution is 0.611. The van der Waals surface area contributed by atoms with Crippen LogP contribution in [0.5, 0.6) is 0 Å². The average molecular weight is 202 g/mol. The number of nitrogens with two attached hydrogens (primary N) is 1. The predicted molar refractivity (Wildman–Crippen MR) is 57.5 cm³/mol. The molecule has 1 heterocycles. The molecular formula is C12H11FN2. The van der Waals surface area contributed by atoms with Gasteiger partial charge in [0.2, 0.25) is 0 Å². The van der Waals surface area contributed by atoms with E-state index in [2.05, 4.69) is 4.98 Å². The number of hydrogen-bond donors (Lipinski definition) is 1. The lowest BCUT2D eigenvalue weighted by atomic mass is 10.0. The molecule has 0 saturated carbocycles. The van der Waals surface area contributed by atoms with Gasteiger partial charge in [-0.3, -0.25) is 4.98 Å². The molecule has 0 unspecified atom stereocenters. The normalized spacial score (nSPS) is 10.3. The van der Waals surface area contributed by atoms with Crippen LogP contribution in [0.25, 0.3) is 11.1 Å². The number of hydrogen-bond acceptors (Lipinski definition) is 2. The Morgan fingerprint density at radius 3 is 2.73 bits per heavy atom. The van der Waals surface area contributed by atoms with Crippen molar-refractivity contribution in [3.8, 4) is 11.1 Å². The van der Waals surface area contributed by atoms with Gasteiger partial charge >= 0.3 is 0 Å². The van der Waals surface area contributed by atoms with Crippen LogP contribution in [0.15, 0.2) is 42.7 Å². The summed E-state index contributed by atoms with van der Waals surface area (Å²) in [6.45, 7) is 0.191. The van der Waals surface area contributed by atoms with Crippen LogP contribution in [0, 0.1) is 5.82 Å². The molecule has 2 rings (SSSR count). The van der Waals surface area contributed by atoms with Crippen molar-refractivity contribution in [1.82, 2.24) is 4.98 Å². The molecular weight excluding hydrogens is 191 g/mol. The molecule has 3 heteroatoms. The first-order valence-corrected chi connectivity index (χ1v) is 4.71. The van der Waals surface area contributed by atoms with Gasteiger partial charge in [-0.05, 0) is 17.7 Å². The first-order valence-electron chi connectivity index (χ1n) is 4.71. The quantitative estimate of drug-likeness (QED) is 0.811. The van der Waals surface area contributed by atoms with Gasteiger partial charge in [0.05, 0.1) is 0 Å². The summed E-state index contributed by atoms with van der Waals surface area (Å²) in [7, 11) is 0. The first kappa shape index (κ1) is 9.80. The number of pyridine rings is 1. The fourth-order valence-corrected chi connectivity index (χ4v) is 1.56. The standard InChI is InChI=1S/C12H11FN2/c13-12-5-1-4-10(11(12)7-14)9-3-2-6-15-8-9/h1-6,8H,7,14H2. The van der Waals surface area contributed by atoms with Crippen LogP contribution >= 0.6 is 0 Å². The second-order valence-corrected chi connectivity index (χ2v) is 3.21. The fraction of sp³-hybridized carbons (Fsp3) is 0.0833. The molecule has 0 fully saturated rings. The molecule has 2 nitrogen and oxygen atoms in total. The van der Waals surface area contributed by atoms with Crippen LogP contribution in [0.2, 0.25) is 0 Å². The summed E-state index contributed by atoms with van der Waals surface area (Å²) in [4.78, 5) is 4.00. The van der Waals surface area contributed by atoms with Gasteiger partial charge < -0.3 is 5.73 Å². The van der Waals surface area contributed by atoms with Gasteiger partial charge in [-0.25, -0.2) is 4.39 Å². The van der Waals surface area contributed by atoms with E-state index >= 15 is 0 Å². The highest BCUT2D eigenvalue weighted by Crippen LogP contribution is 2.24. The van der Waals surface area contributed by atoms with E-state index in [1.54, 1.807) is 18.5 Å². The Morgan fingerprint density at radius 2 is 2.07 bits per heavy atom. The van der Waals surface area contributed by atoms with Gasteiger partial charge in [0.25, 0.3) is 0 Å². The molecule has 0 aliphatic heterocycles. The van der Waals surface area contributed by atoms with Crippen molar-refractivity contribution in [3.05, 3.63) is 54.1 Å². The van der Waals surface area contributed by atoms with E-state index < -0.39 is 0 Å². The van der Waals surface area contributed by atoms with Crippen molar-refractivity contribution < 1.29 is 4.39 Å². The van der Waals surface area contributed by atoms with E-state index in [1.165, 1.54) is 6.07 Å². The molecule has 0 aliphatic carbocycles. The molecule has 2 N–H and O–H groups in total. The fourth-order valence-electron chi connectivity index (χ4n) is 1.56. The Labute approximate surface area is 87.6 Å². The van der Waals surface area contributed by atoms with Crippen LogP contribution in [0.4, 0.5) is 4.39 Å². The minimum Gasteiger partial charge on any atom is -0.326 e. The summed E-state index contributed by atoms with van der Waals surface area (Å²) in [6, 6.07) is 8.66. The van der Waals surface area contributed by atoms with Crippen molar-refractivity contribution in [2.75, 3.05) is 0 Å². The zero-order valence-corrected chi connectivity index (χ0v) is 8.15. The van der Waals surface area contributed by atoms with E-state index in [-0.39, 0.29) is 12.4 Å². The summed E-state index contributed by atoms with van der Waals surface area (Å²) < 4.78 is 13.4. The van der Waals surface area contributed by atoms with E-state index in [0.29, 0.717) is 5.56 Å². The molecule has 0 radical (unpaired) electrons. The van der Waals surface area contributed by atoms with Crippen LogP contribution < -0.4 is 5.73 Å². The molecule has 0 aliphatic rings. The summed E-state index contributed by atoms with van der Waals surface area (Å²) in [5.41, 5.74) is 7.76. The van der Waals surface area contributed by atoms with Crippen LogP contribution in [0.3, 0.4) is 0 Å². The van der Waals surface area contributed by atoms with E-state index in [9.17, 15) is 4.39 Å². The lowest BCUT2D eigenvalue weighted by Crippen LogP contribution is -2.02. The molecule has 76 valence electrons. The Morgan fingerprint density at radius 1 is 1.20 bits per heavy atom. The molecule has 2 aromatic rings. The van der Waals surface area contributed by atoms with Crippen molar-refractivity contribution >= 4 is 0 Å². The number of nitrogens with zero attached hydrogens (tertiary/aromatic N) is 1. The third-order valence-electron chi connectivity index (χ3n) is 2.30. The van der Waals surface area contributed by atoms with Gasteiger partial charge in [-0.1, -0.05) is 18.2 Å². The van der Waals surface area contributed by atoms with Crippen LogP contribution in [-0.4, -0.2) is 4.98 Å². The van der Waals surface area contributed by atoms with Gasteiger partial charge in [-0.15, -0.1) is 0 Å². The third kappa shape index (κ3) is 1.87. The van der Waals surface area contributed by atoms with Crippen molar-refractivity contribution in [1.29, 1.82) is 0 Å². The monoisotopic (exact) mass is 202 g/mol. The van der Waals surface area contributed by atoms with E-state index in [4.69, 9.17) is 5.73 Å². The zero-order chi connectivity index (χ0) is 10.7. The highest BCUT2D eigenvalue weighted by molar-refractivity contribution is 5.66. The molecule has 1 aromatic heterocycles. The second-order valence-electron chi connectivity index (χ2n) is 3.21. The van der Waals surface area contributed by atoms with Crippen molar-refractivity contribution in [3.63, 3.8) is 0 Å². The Kier molecular flexibility index (Phi) is 2.74. The average Bonchev–Trinajstić information content (AvgIpc) is 2.30. The van der Waals surface area contributed by atoms with E-state index in [0.717, 1.165) is 11.1 Å². The molecule has 0 amide bonds. The largest absolute Gasteiger partial charge is 0.326 e. The summed E-state index contributed by atoms with van der Waals surface area (Å²) >= 11 is 0. The van der Waals surface area contributed by atoms with Crippen molar-refractivity contribution in [2.45, 2.75) is 6.54 Å². The molecule has 1 aromatic carbocycles. The number of aromatic nitrogens is 1. The maximum Gasteiger partial charge on any atom is 0.128 e. The maximum absolute atomic E-state index is 13.4. The zero-order valence-electron chi connectivity index (χ0n) is 8.15. The predicted octanol–water partition coefficient (Wildman–Crippen LogP) is 2.35. The summed E-state index contributed by atoms with van der Waals surface area (Å²) in [6.07, 6.45) is 3.39. The topological polar surface area (TPSA) is 38.9 Å². The van der Waals surface area contributed by atoms with Gasteiger partial charge in [0, 0.05) is 30.1 Å². The van der Waals surface area contributed by atoms with Gasteiger partial charge in [0.15, 0.2) is 0 Å². The summed E-state index contributed by atoms with van der Waals surface area (Å²) in [5.74, 6) is -0.265. The smallest absolute Gasteiger partial charge is 0.128 e. The molecule has 0 spiro atoms. The Balaban J connectivity index is 2.58. The highest BCUT2D eigenvalue weighted by Gasteiger charge is 2.07. The Bertz CT molecular complexity index is 454. The maximum atomic E-state index is 13.4. The minimum atomic E-state index is -0.265. The third-order valence-corrected chi connectivity index (χ3v) is 2.30. The molecule has 0 atom stereocenters. The Hall–Kier alpha value is -1.74. The summed E-state index contributed by atoms with van der Waals surface area (Å²) in [5, 5.41) is 0. The van der Waals surface area contributed by atoms with E-state index in [1.807, 2.05) is 18.2 Å². The number of rotatable bonds is 2. The van der Waals surface area contributed by atoms with Gasteiger partial charge in [0.1, 0.15) is 5.82 Å². The number of benzene rings is 1. The first-order chi connectivity index (χ1) is 7.33. The highest BCUT2D eigenvalue weighted by atomic mass is 19.1. The molecule has 0 bridgehead atoms. The molecule has 0 saturated heterocycles. The van der Waals surface area contributed by atoms with Crippen LogP contribution in [-0.2, 0) is 6.54 Å². The lowest BCUT2D eigenvalue weighted by Gasteiger charge is -2.08. The SMILES string of the molecule is NCc1c(F)cccc1-c1cccnc1.